The molecule has 1 aromatic carbocycles. The van der Waals surface area contributed by atoms with E-state index in [-0.39, 0.29) is 5.91 Å². The first kappa shape index (κ1) is 15.7. The summed E-state index contributed by atoms with van der Waals surface area (Å²) in [5.74, 6) is 0.498. The Balaban J connectivity index is 1.51. The molecular formula is C20H20N4O. The zero-order valence-electron chi connectivity index (χ0n) is 14.0. The van der Waals surface area contributed by atoms with Crippen LogP contribution in [0, 0.1) is 5.92 Å². The molecular weight excluding hydrogens is 312 g/mol. The molecule has 1 aliphatic heterocycles. The summed E-state index contributed by atoms with van der Waals surface area (Å²) in [5.41, 5.74) is 2.91. The summed E-state index contributed by atoms with van der Waals surface area (Å²) in [6.07, 6.45) is 9.61. The topological polar surface area (TPSA) is 59.0 Å². The quantitative estimate of drug-likeness (QED) is 0.739. The van der Waals surface area contributed by atoms with Gasteiger partial charge in [-0.2, -0.15) is 0 Å². The Morgan fingerprint density at radius 3 is 2.92 bits per heavy atom. The lowest BCUT2D eigenvalue weighted by molar-refractivity contribution is 0.0672. The van der Waals surface area contributed by atoms with Crippen molar-refractivity contribution in [2.24, 2.45) is 5.92 Å². The Morgan fingerprint density at radius 2 is 2.04 bits per heavy atom. The van der Waals surface area contributed by atoms with E-state index >= 15 is 0 Å². The second-order valence-corrected chi connectivity index (χ2v) is 6.58. The van der Waals surface area contributed by atoms with Gasteiger partial charge in [-0.1, -0.05) is 18.2 Å². The molecule has 1 aliphatic rings. The first-order valence-electron chi connectivity index (χ1n) is 8.68. The average Bonchev–Trinajstić information content (AvgIpc) is 2.69. The number of pyridine rings is 1. The number of nitrogens with zero attached hydrogens (tertiary/aromatic N) is 4. The van der Waals surface area contributed by atoms with E-state index in [1.54, 1.807) is 12.4 Å². The monoisotopic (exact) mass is 332 g/mol. The fourth-order valence-corrected chi connectivity index (χ4v) is 3.66. The van der Waals surface area contributed by atoms with Crippen LogP contribution < -0.4 is 0 Å². The summed E-state index contributed by atoms with van der Waals surface area (Å²) >= 11 is 0. The van der Waals surface area contributed by atoms with Crippen molar-refractivity contribution < 1.29 is 4.79 Å². The third-order valence-corrected chi connectivity index (χ3v) is 4.86. The van der Waals surface area contributed by atoms with Crippen LogP contribution in [0.25, 0.3) is 10.9 Å². The predicted octanol–water partition coefficient (Wildman–Crippen LogP) is 3.12. The highest BCUT2D eigenvalue weighted by atomic mass is 16.2. The molecule has 1 amide bonds. The van der Waals surface area contributed by atoms with Crippen molar-refractivity contribution in [2.45, 2.75) is 19.3 Å². The van der Waals surface area contributed by atoms with Crippen LogP contribution in [0.1, 0.15) is 28.8 Å². The van der Waals surface area contributed by atoms with E-state index in [2.05, 4.69) is 33.2 Å². The van der Waals surface area contributed by atoms with Crippen LogP contribution in [-0.2, 0) is 6.42 Å². The zero-order chi connectivity index (χ0) is 17.1. The van der Waals surface area contributed by atoms with Gasteiger partial charge in [-0.05, 0) is 42.9 Å². The molecule has 0 N–H and O–H groups in total. The van der Waals surface area contributed by atoms with E-state index in [9.17, 15) is 4.79 Å². The van der Waals surface area contributed by atoms with Gasteiger partial charge in [-0.15, -0.1) is 0 Å². The van der Waals surface area contributed by atoms with Crippen molar-refractivity contribution in [2.75, 3.05) is 13.1 Å². The fourth-order valence-electron chi connectivity index (χ4n) is 3.66. The maximum absolute atomic E-state index is 12.6. The molecule has 5 heteroatoms. The van der Waals surface area contributed by atoms with Crippen molar-refractivity contribution in [1.82, 2.24) is 19.9 Å². The van der Waals surface area contributed by atoms with E-state index in [4.69, 9.17) is 0 Å². The number of likely N-dealkylation sites (tertiary alicyclic amines) is 1. The van der Waals surface area contributed by atoms with Gasteiger partial charge in [0.25, 0.3) is 5.91 Å². The third kappa shape index (κ3) is 3.36. The van der Waals surface area contributed by atoms with Gasteiger partial charge in [0.15, 0.2) is 0 Å². The number of benzene rings is 1. The Morgan fingerprint density at radius 1 is 1.16 bits per heavy atom. The average molecular weight is 332 g/mol. The SMILES string of the molecule is O=C(c1cncnc1)N1CCCC(Cc2cccc3ncccc23)C1. The van der Waals surface area contributed by atoms with Crippen molar-refractivity contribution in [3.05, 3.63) is 66.4 Å². The van der Waals surface area contributed by atoms with Gasteiger partial charge in [-0.3, -0.25) is 9.78 Å². The minimum absolute atomic E-state index is 0.0323. The van der Waals surface area contributed by atoms with Crippen LogP contribution >= 0.6 is 0 Å². The molecule has 2 aromatic heterocycles. The van der Waals surface area contributed by atoms with E-state index in [1.807, 2.05) is 23.2 Å². The standard InChI is InChI=1S/C20H20N4O/c25-20(17-11-21-14-22-12-17)24-9-3-4-15(13-24)10-16-5-1-7-19-18(16)6-2-8-23-19/h1-2,5-8,11-12,14-15H,3-4,9-10,13H2. The molecule has 0 saturated carbocycles. The summed E-state index contributed by atoms with van der Waals surface area (Å²) in [5, 5.41) is 1.21. The molecule has 4 rings (SSSR count). The molecule has 3 aromatic rings. The molecule has 3 heterocycles. The Bertz CT molecular complexity index is 876. The number of carbonyl (C=O) groups is 1. The Labute approximate surface area is 146 Å². The van der Waals surface area contributed by atoms with E-state index in [0.29, 0.717) is 11.5 Å². The van der Waals surface area contributed by atoms with Crippen LogP contribution in [0.4, 0.5) is 0 Å². The molecule has 1 atom stereocenters. The van der Waals surface area contributed by atoms with Crippen molar-refractivity contribution in [3.63, 3.8) is 0 Å². The van der Waals surface area contributed by atoms with Gasteiger partial charge >= 0.3 is 0 Å². The van der Waals surface area contributed by atoms with Crippen molar-refractivity contribution in [3.8, 4) is 0 Å². The summed E-state index contributed by atoms with van der Waals surface area (Å²) in [4.78, 5) is 26.9. The molecule has 5 nitrogen and oxygen atoms in total. The molecule has 0 bridgehead atoms. The highest BCUT2D eigenvalue weighted by Crippen LogP contribution is 2.25. The van der Waals surface area contributed by atoms with E-state index in [0.717, 1.165) is 37.9 Å². The second kappa shape index (κ2) is 6.97. The Kier molecular flexibility index (Phi) is 4.37. The van der Waals surface area contributed by atoms with Gasteiger partial charge in [0.1, 0.15) is 6.33 Å². The summed E-state index contributed by atoms with van der Waals surface area (Å²) < 4.78 is 0. The zero-order valence-corrected chi connectivity index (χ0v) is 14.0. The van der Waals surface area contributed by atoms with Crippen LogP contribution in [0.3, 0.4) is 0 Å². The number of carbonyl (C=O) groups excluding carboxylic acids is 1. The smallest absolute Gasteiger partial charge is 0.256 e. The molecule has 1 fully saturated rings. The number of amides is 1. The van der Waals surface area contributed by atoms with Gasteiger partial charge in [0.2, 0.25) is 0 Å². The van der Waals surface area contributed by atoms with Gasteiger partial charge in [0, 0.05) is 37.1 Å². The first-order chi connectivity index (χ1) is 12.3. The third-order valence-electron chi connectivity index (χ3n) is 4.86. The molecule has 0 radical (unpaired) electrons. The molecule has 1 unspecified atom stereocenters. The minimum Gasteiger partial charge on any atom is -0.338 e. The number of fused-ring (bicyclic) bond motifs is 1. The lowest BCUT2D eigenvalue weighted by Crippen LogP contribution is -2.40. The van der Waals surface area contributed by atoms with Gasteiger partial charge in [0.05, 0.1) is 11.1 Å². The number of aromatic nitrogens is 3. The number of hydrogen-bond donors (Lipinski definition) is 0. The summed E-state index contributed by atoms with van der Waals surface area (Å²) in [6.45, 7) is 1.59. The van der Waals surface area contributed by atoms with Crippen LogP contribution in [0.5, 0.6) is 0 Å². The molecule has 0 spiro atoms. The van der Waals surface area contributed by atoms with Crippen LogP contribution in [0.15, 0.2) is 55.2 Å². The van der Waals surface area contributed by atoms with Crippen LogP contribution in [-0.4, -0.2) is 38.8 Å². The maximum atomic E-state index is 12.6. The minimum atomic E-state index is 0.0323. The Hall–Kier alpha value is -2.82. The van der Waals surface area contributed by atoms with Crippen LogP contribution in [0.2, 0.25) is 0 Å². The summed E-state index contributed by atoms with van der Waals surface area (Å²) in [6, 6.07) is 10.4. The second-order valence-electron chi connectivity index (χ2n) is 6.58. The number of hydrogen-bond acceptors (Lipinski definition) is 4. The van der Waals surface area contributed by atoms with Gasteiger partial charge < -0.3 is 4.90 Å². The van der Waals surface area contributed by atoms with E-state index < -0.39 is 0 Å². The lowest BCUT2D eigenvalue weighted by Gasteiger charge is -2.33. The predicted molar refractivity (Wildman–Crippen MR) is 96.1 cm³/mol. The molecule has 0 aliphatic carbocycles. The first-order valence-corrected chi connectivity index (χ1v) is 8.68. The fraction of sp³-hybridized carbons (Fsp3) is 0.300. The van der Waals surface area contributed by atoms with Crippen molar-refractivity contribution in [1.29, 1.82) is 0 Å². The molecule has 126 valence electrons. The summed E-state index contributed by atoms with van der Waals surface area (Å²) in [7, 11) is 0. The highest BCUT2D eigenvalue weighted by molar-refractivity contribution is 5.93. The highest BCUT2D eigenvalue weighted by Gasteiger charge is 2.25. The molecule has 25 heavy (non-hydrogen) atoms. The number of rotatable bonds is 3. The van der Waals surface area contributed by atoms with Gasteiger partial charge in [-0.25, -0.2) is 9.97 Å². The number of piperidine rings is 1. The van der Waals surface area contributed by atoms with Crippen molar-refractivity contribution >= 4 is 16.8 Å². The normalized spacial score (nSPS) is 17.6. The largest absolute Gasteiger partial charge is 0.338 e. The maximum Gasteiger partial charge on any atom is 0.256 e. The lowest BCUT2D eigenvalue weighted by atomic mass is 9.89. The molecule has 1 saturated heterocycles. The van der Waals surface area contributed by atoms with E-state index in [1.165, 1.54) is 17.3 Å².